The zero-order chi connectivity index (χ0) is 12.5. The fraction of sp³-hybridized carbons (Fsp3) is 0.462. The lowest BCUT2D eigenvalue weighted by molar-refractivity contribution is 0.168. The largest absolute Gasteiger partial charge is 0.450 e. The Kier molecular flexibility index (Phi) is 6.10. The van der Waals surface area contributed by atoms with Crippen LogP contribution in [0, 0.1) is 0 Å². The molecule has 1 amide bonds. The molecule has 94 valence electrons. The molecular weight excluding hydrogens is 216 g/mol. The van der Waals surface area contributed by atoms with Crippen LogP contribution in [0.25, 0.3) is 0 Å². The van der Waals surface area contributed by atoms with Crippen molar-refractivity contribution < 1.29 is 9.53 Å². The lowest BCUT2D eigenvalue weighted by Gasteiger charge is -2.07. The molecule has 0 aliphatic carbocycles. The molecule has 2 N–H and O–H groups in total. The molecule has 0 saturated heterocycles. The molecule has 4 nitrogen and oxygen atoms in total. The average Bonchev–Trinajstić information content (AvgIpc) is 2.32. The van der Waals surface area contributed by atoms with Gasteiger partial charge in [0.25, 0.3) is 0 Å². The number of rotatable bonds is 6. The molecule has 0 aliphatic heterocycles. The van der Waals surface area contributed by atoms with Gasteiger partial charge in [-0.15, -0.1) is 0 Å². The summed E-state index contributed by atoms with van der Waals surface area (Å²) in [5.74, 6) is 0. The highest BCUT2D eigenvalue weighted by Gasteiger charge is 2.01. The van der Waals surface area contributed by atoms with Crippen molar-refractivity contribution >= 4 is 11.8 Å². The predicted molar refractivity (Wildman–Crippen MR) is 69.1 cm³/mol. The predicted octanol–water partition coefficient (Wildman–Crippen LogP) is 2.75. The van der Waals surface area contributed by atoms with E-state index in [0.29, 0.717) is 6.61 Å². The third-order valence-electron chi connectivity index (χ3n) is 2.23. The third-order valence-corrected chi connectivity index (χ3v) is 2.23. The summed E-state index contributed by atoms with van der Waals surface area (Å²) >= 11 is 0. The highest BCUT2D eigenvalue weighted by molar-refractivity contribution is 5.84. The van der Waals surface area contributed by atoms with Crippen molar-refractivity contribution in [3.8, 4) is 0 Å². The molecule has 1 rings (SSSR count). The Bertz CT molecular complexity index is 336. The molecular formula is C13H20N2O2. The van der Waals surface area contributed by atoms with Gasteiger partial charge in [0.1, 0.15) is 0 Å². The summed E-state index contributed by atoms with van der Waals surface area (Å²) in [5.41, 5.74) is 1.95. The first-order valence-electron chi connectivity index (χ1n) is 5.99. The van der Waals surface area contributed by atoms with Crippen LogP contribution >= 0.6 is 0 Å². The third kappa shape index (κ3) is 5.36. The van der Waals surface area contributed by atoms with Crippen molar-refractivity contribution in [1.82, 2.24) is 5.32 Å². The molecule has 4 heteroatoms. The summed E-state index contributed by atoms with van der Waals surface area (Å²) in [6, 6.07) is 7.73. The van der Waals surface area contributed by atoms with Crippen LogP contribution < -0.4 is 10.6 Å². The van der Waals surface area contributed by atoms with Gasteiger partial charge in [0.05, 0.1) is 6.61 Å². The lowest BCUT2D eigenvalue weighted by atomic mass is 10.2. The molecule has 0 unspecified atom stereocenters. The van der Waals surface area contributed by atoms with Crippen molar-refractivity contribution in [1.29, 1.82) is 0 Å². The van der Waals surface area contributed by atoms with Crippen molar-refractivity contribution in [3.63, 3.8) is 0 Å². The minimum absolute atomic E-state index is 0.380. The number of hydrogen-bond acceptors (Lipinski definition) is 3. The van der Waals surface area contributed by atoms with E-state index in [9.17, 15) is 4.79 Å². The lowest BCUT2D eigenvalue weighted by Crippen LogP contribution is -2.14. The topological polar surface area (TPSA) is 50.4 Å². The Morgan fingerprint density at radius 1 is 1.24 bits per heavy atom. The van der Waals surface area contributed by atoms with Crippen LogP contribution in [0.3, 0.4) is 0 Å². The Hall–Kier alpha value is -1.55. The van der Waals surface area contributed by atoms with Gasteiger partial charge in [0, 0.05) is 12.2 Å². The highest BCUT2D eigenvalue weighted by atomic mass is 16.5. The van der Waals surface area contributed by atoms with Gasteiger partial charge in [-0.25, -0.2) is 4.79 Å². The number of hydrogen-bond donors (Lipinski definition) is 2. The van der Waals surface area contributed by atoms with Crippen LogP contribution in [-0.4, -0.2) is 19.2 Å². The SMILES string of the molecule is CCCNCc1ccc(NC(=O)OCC)cc1. The Labute approximate surface area is 102 Å². The van der Waals surface area contributed by atoms with E-state index >= 15 is 0 Å². The van der Waals surface area contributed by atoms with E-state index in [1.165, 1.54) is 5.56 Å². The molecule has 0 spiro atoms. The van der Waals surface area contributed by atoms with Gasteiger partial charge >= 0.3 is 6.09 Å². The Morgan fingerprint density at radius 3 is 2.53 bits per heavy atom. The first-order valence-corrected chi connectivity index (χ1v) is 5.99. The van der Waals surface area contributed by atoms with Gasteiger partial charge in [-0.3, -0.25) is 5.32 Å². The number of amides is 1. The van der Waals surface area contributed by atoms with Gasteiger partial charge in [-0.1, -0.05) is 19.1 Å². The molecule has 0 bridgehead atoms. The quantitative estimate of drug-likeness (QED) is 0.747. The summed E-state index contributed by atoms with van der Waals surface area (Å²) in [4.78, 5) is 11.2. The second kappa shape index (κ2) is 7.68. The summed E-state index contributed by atoms with van der Waals surface area (Å²) in [7, 11) is 0. The maximum atomic E-state index is 11.2. The highest BCUT2D eigenvalue weighted by Crippen LogP contribution is 2.09. The summed E-state index contributed by atoms with van der Waals surface area (Å²) in [5, 5.41) is 5.98. The van der Waals surface area contributed by atoms with Crippen LogP contribution in [0.2, 0.25) is 0 Å². The van der Waals surface area contributed by atoms with E-state index in [1.54, 1.807) is 6.92 Å². The van der Waals surface area contributed by atoms with Crippen molar-refractivity contribution in [2.75, 3.05) is 18.5 Å². The van der Waals surface area contributed by atoms with E-state index in [0.717, 1.165) is 25.2 Å². The Balaban J connectivity index is 2.41. The first-order chi connectivity index (χ1) is 8.26. The summed E-state index contributed by atoms with van der Waals surface area (Å²) in [6.07, 6.45) is 0.715. The minimum Gasteiger partial charge on any atom is -0.450 e. The van der Waals surface area contributed by atoms with Gasteiger partial charge in [-0.05, 0) is 37.6 Å². The first kappa shape index (κ1) is 13.5. The molecule has 0 heterocycles. The molecule has 0 aromatic heterocycles. The number of ether oxygens (including phenoxy) is 1. The number of benzene rings is 1. The molecule has 1 aromatic rings. The zero-order valence-electron chi connectivity index (χ0n) is 10.5. The molecule has 0 aliphatic rings. The Morgan fingerprint density at radius 2 is 1.94 bits per heavy atom. The normalized spacial score (nSPS) is 10.0. The molecule has 0 saturated carbocycles. The number of nitrogens with one attached hydrogen (secondary N) is 2. The van der Waals surface area contributed by atoms with E-state index < -0.39 is 6.09 Å². The van der Waals surface area contributed by atoms with E-state index in [2.05, 4.69) is 17.6 Å². The van der Waals surface area contributed by atoms with E-state index in [4.69, 9.17) is 4.74 Å². The maximum Gasteiger partial charge on any atom is 0.411 e. The maximum absolute atomic E-state index is 11.2. The molecule has 0 radical (unpaired) electrons. The van der Waals surface area contributed by atoms with Crippen molar-refractivity contribution in [3.05, 3.63) is 29.8 Å². The smallest absolute Gasteiger partial charge is 0.411 e. The second-order valence-electron chi connectivity index (χ2n) is 3.72. The van der Waals surface area contributed by atoms with Gasteiger partial charge < -0.3 is 10.1 Å². The van der Waals surface area contributed by atoms with Gasteiger partial charge in [-0.2, -0.15) is 0 Å². The van der Waals surface area contributed by atoms with Crippen molar-refractivity contribution in [2.45, 2.75) is 26.8 Å². The fourth-order valence-electron chi connectivity index (χ4n) is 1.40. The molecule has 1 aromatic carbocycles. The second-order valence-corrected chi connectivity index (χ2v) is 3.72. The van der Waals surface area contributed by atoms with Gasteiger partial charge in [0.15, 0.2) is 0 Å². The molecule has 0 atom stereocenters. The van der Waals surface area contributed by atoms with Crippen LogP contribution in [0.15, 0.2) is 24.3 Å². The van der Waals surface area contributed by atoms with Crippen LogP contribution in [0.5, 0.6) is 0 Å². The number of carbonyl (C=O) groups excluding carboxylic acids is 1. The number of anilines is 1. The minimum atomic E-state index is -0.413. The fourth-order valence-corrected chi connectivity index (χ4v) is 1.40. The van der Waals surface area contributed by atoms with Crippen LogP contribution in [0.1, 0.15) is 25.8 Å². The van der Waals surface area contributed by atoms with E-state index in [-0.39, 0.29) is 0 Å². The molecule has 0 fully saturated rings. The summed E-state index contributed by atoms with van der Waals surface area (Å²) < 4.78 is 4.79. The summed E-state index contributed by atoms with van der Waals surface area (Å²) in [6.45, 7) is 6.17. The van der Waals surface area contributed by atoms with E-state index in [1.807, 2.05) is 24.3 Å². The molecule has 17 heavy (non-hydrogen) atoms. The van der Waals surface area contributed by atoms with Crippen LogP contribution in [0.4, 0.5) is 10.5 Å². The zero-order valence-corrected chi connectivity index (χ0v) is 10.5. The van der Waals surface area contributed by atoms with Crippen LogP contribution in [-0.2, 0) is 11.3 Å². The monoisotopic (exact) mass is 236 g/mol. The van der Waals surface area contributed by atoms with Crippen molar-refractivity contribution in [2.24, 2.45) is 0 Å². The average molecular weight is 236 g/mol. The van der Waals surface area contributed by atoms with Gasteiger partial charge in [0.2, 0.25) is 0 Å². The number of carbonyl (C=O) groups is 1. The standard InChI is InChI=1S/C13H20N2O2/c1-3-9-14-10-11-5-7-12(8-6-11)15-13(16)17-4-2/h5-8,14H,3-4,9-10H2,1-2H3,(H,15,16).